The first-order valence-corrected chi connectivity index (χ1v) is 15.5. The average Bonchev–Trinajstić information content (AvgIpc) is 3.42. The lowest BCUT2D eigenvalue weighted by atomic mass is 10.1. The SMILES string of the molecule is CCCCCOc1cc2c(cc1C)C(=O)N1CCC[C@H]1C(O)N2C(=O)OCC(C)SSc1ccccn1.O=C=O. The van der Waals surface area contributed by atoms with Crippen LogP contribution in [0.3, 0.4) is 0 Å². The predicted molar refractivity (Wildman–Crippen MR) is 152 cm³/mol. The van der Waals surface area contributed by atoms with Gasteiger partial charge in [-0.05, 0) is 67.7 Å². The van der Waals surface area contributed by atoms with Gasteiger partial charge in [0.25, 0.3) is 5.91 Å². The number of amides is 2. The normalized spacial score (nSPS) is 18.4. The highest BCUT2D eigenvalue weighted by Crippen LogP contribution is 2.39. The highest BCUT2D eigenvalue weighted by atomic mass is 33.1. The Hall–Kier alpha value is -3.05. The summed E-state index contributed by atoms with van der Waals surface area (Å²) in [7, 11) is 3.07. The van der Waals surface area contributed by atoms with E-state index < -0.39 is 18.4 Å². The molecule has 0 bridgehead atoms. The molecular weight excluding hydrogens is 554 g/mol. The Morgan fingerprint density at radius 2 is 2.05 bits per heavy atom. The van der Waals surface area contributed by atoms with Gasteiger partial charge in [0.15, 0.2) is 6.23 Å². The number of pyridine rings is 1. The third kappa shape index (κ3) is 8.00. The Morgan fingerprint density at radius 1 is 1.27 bits per heavy atom. The summed E-state index contributed by atoms with van der Waals surface area (Å²) in [6, 6.07) is 8.71. The molecule has 40 heavy (non-hydrogen) atoms. The van der Waals surface area contributed by atoms with Crippen molar-refractivity contribution in [2.45, 2.75) is 75.4 Å². The first kappa shape index (κ1) is 31.5. The fraction of sp³-hybridized carbons (Fsp3) is 0.500. The maximum Gasteiger partial charge on any atom is 0.416 e. The van der Waals surface area contributed by atoms with Crippen molar-refractivity contribution in [3.8, 4) is 5.75 Å². The van der Waals surface area contributed by atoms with Gasteiger partial charge in [0.1, 0.15) is 17.4 Å². The number of nitrogens with zero attached hydrogens (tertiary/aromatic N) is 3. The summed E-state index contributed by atoms with van der Waals surface area (Å²) in [5, 5.41) is 12.2. The molecule has 3 heterocycles. The first-order valence-electron chi connectivity index (χ1n) is 13.3. The highest BCUT2D eigenvalue weighted by Gasteiger charge is 2.45. The van der Waals surface area contributed by atoms with Crippen molar-refractivity contribution in [3.05, 3.63) is 47.7 Å². The number of aliphatic hydroxyl groups is 1. The molecule has 216 valence electrons. The van der Waals surface area contributed by atoms with Gasteiger partial charge >= 0.3 is 12.2 Å². The molecule has 0 saturated carbocycles. The van der Waals surface area contributed by atoms with Gasteiger partial charge in [-0.2, -0.15) is 9.59 Å². The van der Waals surface area contributed by atoms with Crippen molar-refractivity contribution < 1.29 is 33.8 Å². The van der Waals surface area contributed by atoms with Crippen molar-refractivity contribution in [1.29, 1.82) is 0 Å². The number of anilines is 1. The molecule has 0 aliphatic carbocycles. The van der Waals surface area contributed by atoms with Crippen LogP contribution in [0.1, 0.15) is 61.9 Å². The second-order valence-electron chi connectivity index (χ2n) is 9.50. The minimum atomic E-state index is -1.21. The van der Waals surface area contributed by atoms with E-state index in [9.17, 15) is 14.7 Å². The number of benzene rings is 1. The van der Waals surface area contributed by atoms with Crippen LogP contribution in [0.4, 0.5) is 10.5 Å². The van der Waals surface area contributed by atoms with Crippen LogP contribution in [0, 0.1) is 6.92 Å². The Labute approximate surface area is 242 Å². The molecule has 12 heteroatoms. The lowest BCUT2D eigenvalue weighted by molar-refractivity contribution is -0.191. The van der Waals surface area contributed by atoms with Crippen LogP contribution < -0.4 is 9.64 Å². The Kier molecular flexibility index (Phi) is 12.3. The average molecular weight is 590 g/mol. The lowest BCUT2D eigenvalue weighted by Gasteiger charge is -2.32. The van der Waals surface area contributed by atoms with Crippen molar-refractivity contribution in [3.63, 3.8) is 0 Å². The molecule has 1 N–H and O–H groups in total. The molecule has 1 saturated heterocycles. The topological polar surface area (TPSA) is 126 Å². The molecule has 4 rings (SSSR count). The van der Waals surface area contributed by atoms with Crippen molar-refractivity contribution >= 4 is 45.4 Å². The number of aromatic nitrogens is 1. The smallest absolute Gasteiger partial charge is 0.416 e. The van der Waals surface area contributed by atoms with E-state index in [0.717, 1.165) is 36.3 Å². The van der Waals surface area contributed by atoms with Crippen LogP contribution in [0.25, 0.3) is 0 Å². The van der Waals surface area contributed by atoms with E-state index in [4.69, 9.17) is 19.1 Å². The van der Waals surface area contributed by atoms with Crippen molar-refractivity contribution in [2.24, 2.45) is 0 Å². The summed E-state index contributed by atoms with van der Waals surface area (Å²) in [6.07, 6.45) is 4.57. The number of ether oxygens (including phenoxy) is 2. The fourth-order valence-electron chi connectivity index (χ4n) is 4.58. The maximum atomic E-state index is 13.5. The predicted octanol–water partition coefficient (Wildman–Crippen LogP) is 5.08. The Balaban J connectivity index is 0.00000141. The molecule has 2 aliphatic rings. The molecular formula is C28H35N3O7S2. The fourth-order valence-corrected chi connectivity index (χ4v) is 6.46. The Morgan fingerprint density at radius 3 is 2.75 bits per heavy atom. The van der Waals surface area contributed by atoms with Gasteiger partial charge in [0, 0.05) is 24.1 Å². The van der Waals surface area contributed by atoms with Crippen molar-refractivity contribution in [2.75, 3.05) is 24.7 Å². The highest BCUT2D eigenvalue weighted by molar-refractivity contribution is 8.76. The number of fused-ring (bicyclic) bond motifs is 2. The number of aliphatic hydroxyl groups excluding tert-OH is 1. The zero-order chi connectivity index (χ0) is 29.1. The van der Waals surface area contributed by atoms with Gasteiger partial charge in [0.2, 0.25) is 0 Å². The van der Waals surface area contributed by atoms with E-state index in [0.29, 0.717) is 36.6 Å². The van der Waals surface area contributed by atoms with Gasteiger partial charge in [-0.15, -0.1) is 0 Å². The standard InChI is InChI=1S/C27H35N3O5S2.CO2/c1-4-5-8-14-34-23-16-22-20(15-18(23)2)25(31)29-13-9-10-21(29)26(32)30(22)27(33)35-17-19(3)36-37-24-11-6-7-12-28-24;2-1-3/h6-7,11-12,15-16,19,21,26,32H,4-5,8-10,13-14,17H2,1-3H3;/t19?,21-,26?;/m0./s1. The van der Waals surface area contributed by atoms with Gasteiger partial charge in [-0.1, -0.05) is 36.6 Å². The second-order valence-corrected chi connectivity index (χ2v) is 12.2. The summed E-state index contributed by atoms with van der Waals surface area (Å²) in [5.74, 6) is 0.425. The maximum absolute atomic E-state index is 13.5. The largest absolute Gasteiger partial charge is 0.493 e. The summed E-state index contributed by atoms with van der Waals surface area (Å²) in [5.41, 5.74) is 1.53. The number of carbonyl (C=O) groups is 2. The number of aryl methyl sites for hydroxylation is 1. The van der Waals surface area contributed by atoms with E-state index in [1.165, 1.54) is 15.7 Å². The molecule has 2 unspecified atom stereocenters. The van der Waals surface area contributed by atoms with E-state index in [1.54, 1.807) is 34.0 Å². The molecule has 10 nitrogen and oxygen atoms in total. The monoisotopic (exact) mass is 589 g/mol. The molecule has 2 aromatic rings. The van der Waals surface area contributed by atoms with Crippen LogP contribution in [-0.4, -0.2) is 70.4 Å². The summed E-state index contributed by atoms with van der Waals surface area (Å²) < 4.78 is 11.7. The summed E-state index contributed by atoms with van der Waals surface area (Å²) >= 11 is 0. The van der Waals surface area contributed by atoms with E-state index in [1.807, 2.05) is 32.0 Å². The van der Waals surface area contributed by atoms with Crippen molar-refractivity contribution in [1.82, 2.24) is 9.88 Å². The lowest BCUT2D eigenvalue weighted by Crippen LogP contribution is -2.51. The van der Waals surface area contributed by atoms with Crippen LogP contribution >= 0.6 is 21.6 Å². The molecule has 2 aliphatic heterocycles. The quantitative estimate of drug-likeness (QED) is 0.296. The van der Waals surface area contributed by atoms with Crippen LogP contribution in [-0.2, 0) is 14.3 Å². The molecule has 2 amide bonds. The molecule has 1 aromatic carbocycles. The number of rotatable bonds is 10. The van der Waals surface area contributed by atoms with Crippen LogP contribution in [0.5, 0.6) is 5.75 Å². The van der Waals surface area contributed by atoms with Gasteiger partial charge < -0.3 is 19.5 Å². The van der Waals surface area contributed by atoms with E-state index in [-0.39, 0.29) is 23.9 Å². The number of hydrogen-bond acceptors (Lipinski definition) is 10. The number of unbranched alkanes of at least 4 members (excludes halogenated alkanes) is 2. The third-order valence-corrected chi connectivity index (χ3v) is 9.29. The van der Waals surface area contributed by atoms with Crippen LogP contribution in [0.2, 0.25) is 0 Å². The summed E-state index contributed by atoms with van der Waals surface area (Å²) in [6.45, 7) is 7.24. The van der Waals surface area contributed by atoms with Gasteiger partial charge in [-0.3, -0.25) is 4.79 Å². The zero-order valence-electron chi connectivity index (χ0n) is 22.9. The molecule has 1 fully saturated rings. The second kappa shape index (κ2) is 15.7. The van der Waals surface area contributed by atoms with E-state index >= 15 is 0 Å². The minimum Gasteiger partial charge on any atom is -0.493 e. The summed E-state index contributed by atoms with van der Waals surface area (Å²) in [4.78, 5) is 50.4. The molecule has 0 spiro atoms. The Bertz CT molecular complexity index is 1180. The molecule has 1 aromatic heterocycles. The zero-order valence-corrected chi connectivity index (χ0v) is 24.5. The van der Waals surface area contributed by atoms with E-state index in [2.05, 4.69) is 11.9 Å². The third-order valence-electron chi connectivity index (χ3n) is 6.53. The number of hydrogen-bond donors (Lipinski definition) is 1. The molecule has 3 atom stereocenters. The number of carbonyl (C=O) groups excluding carboxylic acids is 4. The van der Waals surface area contributed by atoms with Gasteiger partial charge in [-0.25, -0.2) is 14.7 Å². The first-order chi connectivity index (χ1) is 19.3. The minimum absolute atomic E-state index is 0.0142. The van der Waals surface area contributed by atoms with Gasteiger partial charge in [0.05, 0.1) is 23.9 Å². The van der Waals surface area contributed by atoms with Crippen LogP contribution in [0.15, 0.2) is 41.6 Å². The molecule has 0 radical (unpaired) electrons.